The van der Waals surface area contributed by atoms with Crippen LogP contribution in [-0.4, -0.2) is 16.5 Å². The molecule has 0 aliphatic heterocycles. The summed E-state index contributed by atoms with van der Waals surface area (Å²) < 4.78 is 13.1. The summed E-state index contributed by atoms with van der Waals surface area (Å²) in [6, 6.07) is 12.2. The molecule has 0 saturated carbocycles. The number of fused-ring (bicyclic) bond motifs is 1. The molecule has 0 saturated heterocycles. The number of rotatable bonds is 3. The van der Waals surface area contributed by atoms with Gasteiger partial charge < -0.3 is 5.32 Å². The van der Waals surface area contributed by atoms with E-state index < -0.39 is 0 Å². The molecule has 1 N–H and O–H groups in total. The summed E-state index contributed by atoms with van der Waals surface area (Å²) in [5.41, 5.74) is 2.83. The van der Waals surface area contributed by atoms with E-state index in [4.69, 9.17) is 0 Å². The Morgan fingerprint density at radius 2 is 1.81 bits per heavy atom. The minimum Gasteiger partial charge on any atom is -0.370 e. The highest BCUT2D eigenvalue weighted by atomic mass is 19.1. The van der Waals surface area contributed by atoms with E-state index in [1.54, 1.807) is 12.1 Å². The average molecular weight is 281 g/mol. The number of benzene rings is 2. The molecule has 0 amide bonds. The number of anilines is 1. The fourth-order valence-electron chi connectivity index (χ4n) is 2.38. The Hall–Kier alpha value is -2.49. The summed E-state index contributed by atoms with van der Waals surface area (Å²) in [5, 5.41) is 4.32. The van der Waals surface area contributed by atoms with E-state index in [9.17, 15) is 4.39 Å². The van der Waals surface area contributed by atoms with Crippen LogP contribution in [0.3, 0.4) is 0 Å². The first-order valence-corrected chi connectivity index (χ1v) is 6.96. The van der Waals surface area contributed by atoms with E-state index in [0.717, 1.165) is 34.4 Å². The van der Waals surface area contributed by atoms with Gasteiger partial charge in [-0.3, -0.25) is 0 Å². The zero-order valence-corrected chi connectivity index (χ0v) is 12.0. The van der Waals surface area contributed by atoms with Crippen molar-refractivity contribution in [1.82, 2.24) is 9.97 Å². The fourth-order valence-corrected chi connectivity index (χ4v) is 2.38. The van der Waals surface area contributed by atoms with Gasteiger partial charge in [-0.25, -0.2) is 14.4 Å². The third kappa shape index (κ3) is 2.57. The van der Waals surface area contributed by atoms with Crippen LogP contribution < -0.4 is 5.32 Å². The number of aromatic nitrogens is 2. The van der Waals surface area contributed by atoms with Gasteiger partial charge in [-0.2, -0.15) is 0 Å². The molecule has 3 rings (SSSR count). The number of hydrogen-bond donors (Lipinski definition) is 1. The summed E-state index contributed by atoms with van der Waals surface area (Å²) in [4.78, 5) is 9.21. The van der Waals surface area contributed by atoms with Gasteiger partial charge in [-0.15, -0.1) is 0 Å². The van der Waals surface area contributed by atoms with E-state index in [1.807, 2.05) is 32.0 Å². The number of nitrogens with zero attached hydrogens (tertiary/aromatic N) is 2. The average Bonchev–Trinajstić information content (AvgIpc) is 2.48. The van der Waals surface area contributed by atoms with E-state index >= 15 is 0 Å². The lowest BCUT2D eigenvalue weighted by Gasteiger charge is -2.11. The maximum absolute atomic E-state index is 13.1. The van der Waals surface area contributed by atoms with Crippen molar-refractivity contribution in [3.63, 3.8) is 0 Å². The first-order chi connectivity index (χ1) is 10.2. The topological polar surface area (TPSA) is 37.8 Å². The molecule has 0 spiro atoms. The lowest BCUT2D eigenvalue weighted by molar-refractivity contribution is 0.628. The second-order valence-corrected chi connectivity index (χ2v) is 4.90. The molecule has 0 bridgehead atoms. The Kier molecular flexibility index (Phi) is 3.52. The minimum absolute atomic E-state index is 0.262. The van der Waals surface area contributed by atoms with Crippen LogP contribution in [0.25, 0.3) is 22.3 Å². The first kappa shape index (κ1) is 13.5. The fraction of sp³-hybridized carbons (Fsp3) is 0.176. The Labute approximate surface area is 122 Å². The van der Waals surface area contributed by atoms with Gasteiger partial charge in [-0.1, -0.05) is 12.1 Å². The molecule has 4 heteroatoms. The number of aryl methyl sites for hydroxylation is 1. The standard InChI is InChI=1S/C17H16FN3/c1-3-19-17-15-11(2)5-4-6-14(15)20-16(21-17)12-7-9-13(18)10-8-12/h4-10H,3H2,1-2H3,(H,19,20,21). The van der Waals surface area contributed by atoms with Gasteiger partial charge in [0.15, 0.2) is 5.82 Å². The van der Waals surface area contributed by atoms with Crippen LogP contribution in [0.4, 0.5) is 10.2 Å². The van der Waals surface area contributed by atoms with E-state index in [0.29, 0.717) is 5.82 Å². The summed E-state index contributed by atoms with van der Waals surface area (Å²) in [5.74, 6) is 1.16. The molecule has 0 radical (unpaired) electrons. The summed E-state index contributed by atoms with van der Waals surface area (Å²) in [6.07, 6.45) is 0. The van der Waals surface area contributed by atoms with E-state index in [1.165, 1.54) is 12.1 Å². The highest BCUT2D eigenvalue weighted by Gasteiger charge is 2.10. The van der Waals surface area contributed by atoms with Gasteiger partial charge in [0, 0.05) is 17.5 Å². The zero-order valence-electron chi connectivity index (χ0n) is 12.0. The molecule has 0 unspecified atom stereocenters. The van der Waals surface area contributed by atoms with Gasteiger partial charge >= 0.3 is 0 Å². The van der Waals surface area contributed by atoms with Crippen LogP contribution in [0, 0.1) is 12.7 Å². The van der Waals surface area contributed by atoms with Crippen LogP contribution in [0.5, 0.6) is 0 Å². The zero-order chi connectivity index (χ0) is 14.8. The molecule has 1 aromatic heterocycles. The number of hydrogen-bond acceptors (Lipinski definition) is 3. The van der Waals surface area contributed by atoms with Gasteiger partial charge in [0.1, 0.15) is 11.6 Å². The smallest absolute Gasteiger partial charge is 0.162 e. The second kappa shape index (κ2) is 5.48. The molecule has 3 nitrogen and oxygen atoms in total. The largest absolute Gasteiger partial charge is 0.370 e. The Bertz CT molecular complexity index is 782. The van der Waals surface area contributed by atoms with Crippen LogP contribution in [-0.2, 0) is 0 Å². The van der Waals surface area contributed by atoms with Crippen LogP contribution in [0.2, 0.25) is 0 Å². The Morgan fingerprint density at radius 1 is 1.05 bits per heavy atom. The van der Waals surface area contributed by atoms with Crippen LogP contribution >= 0.6 is 0 Å². The van der Waals surface area contributed by atoms with Crippen molar-refractivity contribution in [2.75, 3.05) is 11.9 Å². The molecule has 0 fully saturated rings. The molecule has 0 atom stereocenters. The quantitative estimate of drug-likeness (QED) is 0.782. The van der Waals surface area contributed by atoms with Crippen molar-refractivity contribution in [2.45, 2.75) is 13.8 Å². The third-order valence-corrected chi connectivity index (χ3v) is 3.38. The van der Waals surface area contributed by atoms with E-state index in [-0.39, 0.29) is 5.82 Å². The first-order valence-electron chi connectivity index (χ1n) is 6.96. The van der Waals surface area contributed by atoms with Crippen molar-refractivity contribution in [2.24, 2.45) is 0 Å². The van der Waals surface area contributed by atoms with Crippen molar-refractivity contribution in [1.29, 1.82) is 0 Å². The molecule has 0 aliphatic rings. The lowest BCUT2D eigenvalue weighted by Crippen LogP contribution is -2.03. The SMILES string of the molecule is CCNc1nc(-c2ccc(F)cc2)nc2cccc(C)c12. The van der Waals surface area contributed by atoms with Crippen molar-refractivity contribution < 1.29 is 4.39 Å². The highest BCUT2D eigenvalue weighted by molar-refractivity contribution is 5.93. The number of nitrogens with one attached hydrogen (secondary N) is 1. The van der Waals surface area contributed by atoms with Gasteiger partial charge in [-0.05, 0) is 49.7 Å². The normalized spacial score (nSPS) is 10.8. The third-order valence-electron chi connectivity index (χ3n) is 3.38. The molecule has 0 aliphatic carbocycles. The Morgan fingerprint density at radius 3 is 2.52 bits per heavy atom. The molecule has 106 valence electrons. The van der Waals surface area contributed by atoms with Gasteiger partial charge in [0.25, 0.3) is 0 Å². The minimum atomic E-state index is -0.262. The molecular formula is C17H16FN3. The summed E-state index contributed by atoms with van der Waals surface area (Å²) in [7, 11) is 0. The predicted octanol–water partition coefficient (Wildman–Crippen LogP) is 4.18. The maximum atomic E-state index is 13.1. The van der Waals surface area contributed by atoms with Crippen molar-refractivity contribution >= 4 is 16.7 Å². The maximum Gasteiger partial charge on any atom is 0.162 e. The molecule has 2 aromatic carbocycles. The van der Waals surface area contributed by atoms with Crippen molar-refractivity contribution in [3.8, 4) is 11.4 Å². The van der Waals surface area contributed by atoms with Crippen molar-refractivity contribution in [3.05, 3.63) is 53.8 Å². The predicted molar refractivity (Wildman–Crippen MR) is 83.8 cm³/mol. The highest BCUT2D eigenvalue weighted by Crippen LogP contribution is 2.27. The van der Waals surface area contributed by atoms with Crippen LogP contribution in [0.1, 0.15) is 12.5 Å². The summed E-state index contributed by atoms with van der Waals surface area (Å²) in [6.45, 7) is 4.86. The van der Waals surface area contributed by atoms with Crippen LogP contribution in [0.15, 0.2) is 42.5 Å². The lowest BCUT2D eigenvalue weighted by atomic mass is 10.1. The second-order valence-electron chi connectivity index (χ2n) is 4.90. The monoisotopic (exact) mass is 281 g/mol. The van der Waals surface area contributed by atoms with Gasteiger partial charge in [0.2, 0.25) is 0 Å². The molecule has 21 heavy (non-hydrogen) atoms. The Balaban J connectivity index is 2.23. The van der Waals surface area contributed by atoms with Gasteiger partial charge in [0.05, 0.1) is 5.52 Å². The summed E-state index contributed by atoms with van der Waals surface area (Å²) >= 11 is 0. The molecule has 3 aromatic rings. The molecular weight excluding hydrogens is 265 g/mol. The van der Waals surface area contributed by atoms with E-state index in [2.05, 4.69) is 15.3 Å². The number of halogens is 1. The molecule has 1 heterocycles.